The van der Waals surface area contributed by atoms with Crippen LogP contribution < -0.4 is 0 Å². The molecule has 88 valence electrons. The normalized spacial score (nSPS) is 26.9. The first-order valence-corrected chi connectivity index (χ1v) is 6.48. The fraction of sp³-hybridized carbons (Fsp3) is 0.571. The minimum Gasteiger partial charge on any atom is -0.299 e. The summed E-state index contributed by atoms with van der Waals surface area (Å²) in [4.78, 5) is 2.56. The molecular weight excluding hydrogens is 218 g/mol. The van der Waals surface area contributed by atoms with E-state index in [2.05, 4.69) is 30.9 Å². The van der Waals surface area contributed by atoms with Crippen molar-refractivity contribution < 1.29 is 0 Å². The van der Waals surface area contributed by atoms with Gasteiger partial charge in [-0.3, -0.25) is 4.90 Å². The summed E-state index contributed by atoms with van der Waals surface area (Å²) >= 11 is 5.89. The quantitative estimate of drug-likeness (QED) is 0.756. The summed E-state index contributed by atoms with van der Waals surface area (Å²) in [5.41, 5.74) is 1.37. The molecule has 16 heavy (non-hydrogen) atoms. The number of halogens is 1. The molecule has 0 aliphatic carbocycles. The Morgan fingerprint density at radius 3 is 2.25 bits per heavy atom. The molecule has 0 spiro atoms. The van der Waals surface area contributed by atoms with Gasteiger partial charge in [0.2, 0.25) is 0 Å². The van der Waals surface area contributed by atoms with E-state index in [1.165, 1.54) is 25.1 Å². The van der Waals surface area contributed by atoms with Crippen molar-refractivity contribution >= 4 is 11.6 Å². The standard InChI is InChI=1S/C14H20ClN/c1-11-7-12(2)9-16(8-11)10-13-3-5-14(15)6-4-13/h3-6,11-12H,7-10H2,1-2H3. The Bertz CT molecular complexity index is 323. The molecule has 2 rings (SSSR count). The Hall–Kier alpha value is -0.530. The van der Waals surface area contributed by atoms with Gasteiger partial charge in [0.05, 0.1) is 0 Å². The van der Waals surface area contributed by atoms with Crippen LogP contribution in [0.3, 0.4) is 0 Å². The number of hydrogen-bond acceptors (Lipinski definition) is 1. The zero-order valence-electron chi connectivity index (χ0n) is 10.1. The molecule has 1 saturated heterocycles. The van der Waals surface area contributed by atoms with Gasteiger partial charge in [0, 0.05) is 24.7 Å². The highest BCUT2D eigenvalue weighted by Crippen LogP contribution is 2.22. The van der Waals surface area contributed by atoms with Crippen LogP contribution in [-0.2, 0) is 6.54 Å². The Kier molecular flexibility index (Phi) is 3.88. The van der Waals surface area contributed by atoms with Crippen LogP contribution in [0.15, 0.2) is 24.3 Å². The molecule has 0 N–H and O–H groups in total. The van der Waals surface area contributed by atoms with Gasteiger partial charge in [-0.25, -0.2) is 0 Å². The fourth-order valence-electron chi connectivity index (χ4n) is 2.77. The predicted octanol–water partition coefficient (Wildman–Crippen LogP) is 3.82. The van der Waals surface area contributed by atoms with Gasteiger partial charge >= 0.3 is 0 Å². The van der Waals surface area contributed by atoms with Crippen LogP contribution in [0.25, 0.3) is 0 Å². The van der Waals surface area contributed by atoms with Crippen molar-refractivity contribution in [2.75, 3.05) is 13.1 Å². The Labute approximate surface area is 103 Å². The third-order valence-corrected chi connectivity index (χ3v) is 3.52. The van der Waals surface area contributed by atoms with Crippen molar-refractivity contribution in [3.05, 3.63) is 34.9 Å². The summed E-state index contributed by atoms with van der Waals surface area (Å²) in [5, 5.41) is 0.823. The Morgan fingerprint density at radius 2 is 1.69 bits per heavy atom. The first kappa shape index (κ1) is 11.9. The number of piperidine rings is 1. The molecule has 2 unspecified atom stereocenters. The van der Waals surface area contributed by atoms with E-state index < -0.39 is 0 Å². The Morgan fingerprint density at radius 1 is 1.12 bits per heavy atom. The molecule has 1 fully saturated rings. The van der Waals surface area contributed by atoms with Gasteiger partial charge < -0.3 is 0 Å². The molecule has 1 heterocycles. The van der Waals surface area contributed by atoms with Crippen LogP contribution in [0.4, 0.5) is 0 Å². The zero-order valence-corrected chi connectivity index (χ0v) is 10.9. The van der Waals surface area contributed by atoms with Crippen molar-refractivity contribution in [3.63, 3.8) is 0 Å². The van der Waals surface area contributed by atoms with Crippen LogP contribution in [0, 0.1) is 11.8 Å². The lowest BCUT2D eigenvalue weighted by Crippen LogP contribution is -2.38. The summed E-state index contributed by atoms with van der Waals surface area (Å²) in [6, 6.07) is 8.22. The van der Waals surface area contributed by atoms with Gasteiger partial charge in [-0.15, -0.1) is 0 Å². The van der Waals surface area contributed by atoms with Crippen molar-refractivity contribution in [2.45, 2.75) is 26.8 Å². The van der Waals surface area contributed by atoms with Gasteiger partial charge in [0.25, 0.3) is 0 Å². The maximum absolute atomic E-state index is 5.89. The van der Waals surface area contributed by atoms with Crippen LogP contribution in [-0.4, -0.2) is 18.0 Å². The maximum atomic E-state index is 5.89. The minimum absolute atomic E-state index is 0.823. The third-order valence-electron chi connectivity index (χ3n) is 3.26. The molecular formula is C14H20ClN. The molecule has 0 aromatic heterocycles. The first-order valence-electron chi connectivity index (χ1n) is 6.10. The van der Waals surface area contributed by atoms with Gasteiger partial charge in [-0.1, -0.05) is 37.6 Å². The van der Waals surface area contributed by atoms with Crippen LogP contribution >= 0.6 is 11.6 Å². The summed E-state index contributed by atoms with van der Waals surface area (Å²) in [6.45, 7) is 8.22. The van der Waals surface area contributed by atoms with E-state index in [4.69, 9.17) is 11.6 Å². The SMILES string of the molecule is CC1CC(C)CN(Cc2ccc(Cl)cc2)C1. The number of likely N-dealkylation sites (tertiary alicyclic amines) is 1. The monoisotopic (exact) mass is 237 g/mol. The summed E-state index contributed by atoms with van der Waals surface area (Å²) in [5.74, 6) is 1.66. The van der Waals surface area contributed by atoms with E-state index >= 15 is 0 Å². The third kappa shape index (κ3) is 3.23. The number of rotatable bonds is 2. The van der Waals surface area contributed by atoms with Crippen molar-refractivity contribution in [3.8, 4) is 0 Å². The van der Waals surface area contributed by atoms with E-state index in [0.717, 1.165) is 23.4 Å². The van der Waals surface area contributed by atoms with Crippen LogP contribution in [0.5, 0.6) is 0 Å². The highest BCUT2D eigenvalue weighted by molar-refractivity contribution is 6.30. The van der Waals surface area contributed by atoms with Crippen molar-refractivity contribution in [2.24, 2.45) is 11.8 Å². The van der Waals surface area contributed by atoms with Crippen LogP contribution in [0.1, 0.15) is 25.8 Å². The van der Waals surface area contributed by atoms with Crippen molar-refractivity contribution in [1.82, 2.24) is 4.90 Å². The van der Waals surface area contributed by atoms with Gasteiger partial charge in [-0.2, -0.15) is 0 Å². The van der Waals surface area contributed by atoms with E-state index in [-0.39, 0.29) is 0 Å². The smallest absolute Gasteiger partial charge is 0.0406 e. The molecule has 0 bridgehead atoms. The topological polar surface area (TPSA) is 3.24 Å². The second kappa shape index (κ2) is 5.20. The lowest BCUT2D eigenvalue weighted by atomic mass is 9.91. The van der Waals surface area contributed by atoms with Gasteiger partial charge in [0.15, 0.2) is 0 Å². The number of hydrogen-bond donors (Lipinski definition) is 0. The van der Waals surface area contributed by atoms with Crippen molar-refractivity contribution in [1.29, 1.82) is 0 Å². The second-order valence-electron chi connectivity index (χ2n) is 5.27. The summed E-state index contributed by atoms with van der Waals surface area (Å²) in [7, 11) is 0. The summed E-state index contributed by atoms with van der Waals surface area (Å²) < 4.78 is 0. The molecule has 2 atom stereocenters. The first-order chi connectivity index (χ1) is 7.63. The lowest BCUT2D eigenvalue weighted by Gasteiger charge is -2.35. The molecule has 0 radical (unpaired) electrons. The molecule has 1 aliphatic heterocycles. The molecule has 2 heteroatoms. The number of benzene rings is 1. The Balaban J connectivity index is 1.96. The zero-order chi connectivity index (χ0) is 11.5. The average Bonchev–Trinajstić information content (AvgIpc) is 2.20. The molecule has 0 amide bonds. The molecule has 1 aromatic rings. The molecule has 1 aromatic carbocycles. The molecule has 0 saturated carbocycles. The van der Waals surface area contributed by atoms with Crippen LogP contribution in [0.2, 0.25) is 5.02 Å². The van der Waals surface area contributed by atoms with Gasteiger partial charge in [-0.05, 0) is 36.0 Å². The van der Waals surface area contributed by atoms with E-state index in [9.17, 15) is 0 Å². The lowest BCUT2D eigenvalue weighted by molar-refractivity contribution is 0.134. The van der Waals surface area contributed by atoms with Gasteiger partial charge in [0.1, 0.15) is 0 Å². The maximum Gasteiger partial charge on any atom is 0.0406 e. The highest BCUT2D eigenvalue weighted by Gasteiger charge is 2.21. The number of nitrogens with zero attached hydrogens (tertiary/aromatic N) is 1. The highest BCUT2D eigenvalue weighted by atomic mass is 35.5. The minimum atomic E-state index is 0.823. The fourth-order valence-corrected chi connectivity index (χ4v) is 2.90. The molecule has 1 nitrogen and oxygen atoms in total. The largest absolute Gasteiger partial charge is 0.299 e. The second-order valence-corrected chi connectivity index (χ2v) is 5.70. The van der Waals surface area contributed by atoms with E-state index in [1.54, 1.807) is 0 Å². The average molecular weight is 238 g/mol. The summed E-state index contributed by atoms with van der Waals surface area (Å²) in [6.07, 6.45) is 1.37. The predicted molar refractivity (Wildman–Crippen MR) is 69.7 cm³/mol. The molecule has 1 aliphatic rings. The van der Waals surface area contributed by atoms with E-state index in [0.29, 0.717) is 0 Å². The van der Waals surface area contributed by atoms with E-state index in [1.807, 2.05) is 12.1 Å².